The summed E-state index contributed by atoms with van der Waals surface area (Å²) in [6, 6.07) is 12.7. The Balaban J connectivity index is 2.02. The Labute approximate surface area is 116 Å². The fourth-order valence-corrected chi connectivity index (χ4v) is 1.89. The molecule has 1 unspecified atom stereocenters. The maximum absolute atomic E-state index is 9.00. The largest absolute Gasteiger partial charge is 0.381 e. The van der Waals surface area contributed by atoms with Gasteiger partial charge >= 0.3 is 0 Å². The summed E-state index contributed by atoms with van der Waals surface area (Å²) in [5.74, 6) is 0. The summed E-state index contributed by atoms with van der Waals surface area (Å²) < 4.78 is 5.60. The van der Waals surface area contributed by atoms with Crippen LogP contribution in [-0.2, 0) is 11.2 Å². The minimum absolute atomic E-state index is 0.423. The van der Waals surface area contributed by atoms with Gasteiger partial charge in [0.1, 0.15) is 5.54 Å². The van der Waals surface area contributed by atoms with Crippen molar-refractivity contribution in [3.8, 4) is 6.07 Å². The van der Waals surface area contributed by atoms with Crippen molar-refractivity contribution in [1.82, 2.24) is 5.32 Å². The van der Waals surface area contributed by atoms with Gasteiger partial charge in [0.2, 0.25) is 0 Å². The number of aryl methyl sites for hydroxylation is 1. The Kier molecular flexibility index (Phi) is 7.17. The van der Waals surface area contributed by atoms with E-state index in [1.165, 1.54) is 5.56 Å². The summed E-state index contributed by atoms with van der Waals surface area (Å²) >= 11 is 0. The van der Waals surface area contributed by atoms with Crippen LogP contribution < -0.4 is 5.32 Å². The van der Waals surface area contributed by atoms with Crippen molar-refractivity contribution in [2.45, 2.75) is 38.1 Å². The van der Waals surface area contributed by atoms with Gasteiger partial charge in [-0.25, -0.2) is 0 Å². The first-order valence-electron chi connectivity index (χ1n) is 6.92. The highest BCUT2D eigenvalue weighted by Crippen LogP contribution is 2.10. The number of hydrogen-bond acceptors (Lipinski definition) is 3. The Morgan fingerprint density at radius 2 is 1.89 bits per heavy atom. The number of hydrogen-bond donors (Lipinski definition) is 1. The van der Waals surface area contributed by atoms with Crippen LogP contribution in [0.3, 0.4) is 0 Å². The standard InChI is InChI=1S/C16H24N2O/c1-16(14-17,18-2)11-7-13-19-12-6-10-15-8-4-3-5-9-15/h3-5,8-9,18H,6-7,10-13H2,1-2H3. The molecule has 0 heterocycles. The van der Waals surface area contributed by atoms with Crippen LogP contribution in [-0.4, -0.2) is 25.8 Å². The quantitative estimate of drug-likeness (QED) is 0.694. The molecule has 104 valence electrons. The van der Waals surface area contributed by atoms with Gasteiger partial charge in [-0.2, -0.15) is 5.26 Å². The summed E-state index contributed by atoms with van der Waals surface area (Å²) in [6.45, 7) is 3.44. The highest BCUT2D eigenvalue weighted by Gasteiger charge is 2.19. The van der Waals surface area contributed by atoms with E-state index >= 15 is 0 Å². The fourth-order valence-electron chi connectivity index (χ4n) is 1.89. The Bertz CT molecular complexity index is 385. The zero-order chi connectivity index (χ0) is 14.0. The molecule has 0 aliphatic carbocycles. The minimum Gasteiger partial charge on any atom is -0.381 e. The molecule has 0 aliphatic heterocycles. The molecule has 0 saturated heterocycles. The average Bonchev–Trinajstić information content (AvgIpc) is 2.47. The molecule has 1 N–H and O–H groups in total. The first-order chi connectivity index (χ1) is 9.20. The molecule has 3 heteroatoms. The number of ether oxygens (including phenoxy) is 1. The van der Waals surface area contributed by atoms with Crippen LogP contribution in [0.2, 0.25) is 0 Å². The van der Waals surface area contributed by atoms with Crippen LogP contribution in [0.25, 0.3) is 0 Å². The van der Waals surface area contributed by atoms with Gasteiger partial charge in [-0.05, 0) is 45.2 Å². The summed E-state index contributed by atoms with van der Waals surface area (Å²) in [6.07, 6.45) is 3.84. The van der Waals surface area contributed by atoms with E-state index in [4.69, 9.17) is 10.00 Å². The number of rotatable bonds is 9. The van der Waals surface area contributed by atoms with Gasteiger partial charge in [-0.15, -0.1) is 0 Å². The van der Waals surface area contributed by atoms with Gasteiger partial charge in [0.15, 0.2) is 0 Å². The fraction of sp³-hybridized carbons (Fsp3) is 0.562. The second-order valence-corrected chi connectivity index (χ2v) is 5.00. The summed E-state index contributed by atoms with van der Waals surface area (Å²) in [4.78, 5) is 0. The molecule has 0 bridgehead atoms. The maximum Gasteiger partial charge on any atom is 0.103 e. The highest BCUT2D eigenvalue weighted by atomic mass is 16.5. The van der Waals surface area contributed by atoms with Crippen LogP contribution in [0.15, 0.2) is 30.3 Å². The SMILES string of the molecule is CNC(C)(C#N)CCCOCCCc1ccccc1. The Hall–Kier alpha value is -1.37. The smallest absolute Gasteiger partial charge is 0.103 e. The molecular weight excluding hydrogens is 236 g/mol. The predicted molar refractivity (Wildman–Crippen MR) is 77.9 cm³/mol. The molecule has 0 spiro atoms. The first-order valence-corrected chi connectivity index (χ1v) is 6.92. The van der Waals surface area contributed by atoms with Gasteiger partial charge in [0, 0.05) is 13.2 Å². The molecule has 19 heavy (non-hydrogen) atoms. The molecule has 1 atom stereocenters. The topological polar surface area (TPSA) is 45.0 Å². The normalized spacial score (nSPS) is 13.7. The molecule has 0 amide bonds. The van der Waals surface area contributed by atoms with Crippen LogP contribution in [0.4, 0.5) is 0 Å². The predicted octanol–water partition coefficient (Wildman–Crippen LogP) is 2.92. The second kappa shape index (κ2) is 8.68. The molecule has 3 nitrogen and oxygen atoms in total. The molecule has 1 rings (SSSR count). The molecule has 1 aromatic rings. The monoisotopic (exact) mass is 260 g/mol. The van der Waals surface area contributed by atoms with Gasteiger partial charge in [-0.1, -0.05) is 30.3 Å². The van der Waals surface area contributed by atoms with Gasteiger partial charge in [0.05, 0.1) is 6.07 Å². The summed E-state index contributed by atoms with van der Waals surface area (Å²) in [7, 11) is 1.82. The lowest BCUT2D eigenvalue weighted by atomic mass is 9.98. The van der Waals surface area contributed by atoms with Crippen molar-refractivity contribution >= 4 is 0 Å². The van der Waals surface area contributed by atoms with E-state index in [2.05, 4.69) is 35.7 Å². The van der Waals surface area contributed by atoms with E-state index in [1.807, 2.05) is 20.0 Å². The van der Waals surface area contributed by atoms with Crippen molar-refractivity contribution in [2.24, 2.45) is 0 Å². The molecule has 0 radical (unpaired) electrons. The van der Waals surface area contributed by atoms with Crippen molar-refractivity contribution in [3.63, 3.8) is 0 Å². The van der Waals surface area contributed by atoms with E-state index in [9.17, 15) is 0 Å². The van der Waals surface area contributed by atoms with Crippen molar-refractivity contribution in [2.75, 3.05) is 20.3 Å². The van der Waals surface area contributed by atoms with E-state index in [0.29, 0.717) is 0 Å². The summed E-state index contributed by atoms with van der Waals surface area (Å²) in [5, 5.41) is 12.0. The van der Waals surface area contributed by atoms with E-state index in [0.717, 1.165) is 38.9 Å². The van der Waals surface area contributed by atoms with Crippen LogP contribution in [0.5, 0.6) is 0 Å². The Morgan fingerprint density at radius 1 is 1.21 bits per heavy atom. The highest BCUT2D eigenvalue weighted by molar-refractivity contribution is 5.14. The maximum atomic E-state index is 9.00. The summed E-state index contributed by atoms with van der Waals surface area (Å²) in [5.41, 5.74) is 0.936. The third-order valence-electron chi connectivity index (χ3n) is 3.36. The lowest BCUT2D eigenvalue weighted by molar-refractivity contribution is 0.124. The van der Waals surface area contributed by atoms with Gasteiger partial charge < -0.3 is 10.1 Å². The van der Waals surface area contributed by atoms with Crippen molar-refractivity contribution in [3.05, 3.63) is 35.9 Å². The number of nitriles is 1. The van der Waals surface area contributed by atoms with Crippen LogP contribution >= 0.6 is 0 Å². The van der Waals surface area contributed by atoms with E-state index in [-0.39, 0.29) is 0 Å². The lowest BCUT2D eigenvalue weighted by Gasteiger charge is -2.20. The van der Waals surface area contributed by atoms with E-state index in [1.54, 1.807) is 0 Å². The lowest BCUT2D eigenvalue weighted by Crippen LogP contribution is -2.38. The molecule has 1 aromatic carbocycles. The van der Waals surface area contributed by atoms with Crippen molar-refractivity contribution in [1.29, 1.82) is 5.26 Å². The Morgan fingerprint density at radius 3 is 2.53 bits per heavy atom. The molecule has 0 aliphatic rings. The molecular formula is C16H24N2O. The zero-order valence-corrected chi connectivity index (χ0v) is 12.0. The van der Waals surface area contributed by atoms with Crippen LogP contribution in [0.1, 0.15) is 31.7 Å². The van der Waals surface area contributed by atoms with Crippen molar-refractivity contribution < 1.29 is 4.74 Å². The number of nitrogens with one attached hydrogen (secondary N) is 1. The van der Waals surface area contributed by atoms with Crippen LogP contribution in [0, 0.1) is 11.3 Å². The zero-order valence-electron chi connectivity index (χ0n) is 12.0. The minimum atomic E-state index is -0.423. The van der Waals surface area contributed by atoms with Gasteiger partial charge in [-0.3, -0.25) is 0 Å². The van der Waals surface area contributed by atoms with E-state index < -0.39 is 5.54 Å². The number of nitrogens with zero attached hydrogens (tertiary/aromatic N) is 1. The second-order valence-electron chi connectivity index (χ2n) is 5.00. The van der Waals surface area contributed by atoms with Gasteiger partial charge in [0.25, 0.3) is 0 Å². The third-order valence-corrected chi connectivity index (χ3v) is 3.36. The average molecular weight is 260 g/mol. The third kappa shape index (κ3) is 6.37. The first kappa shape index (κ1) is 15.7. The molecule has 0 aromatic heterocycles. The number of benzene rings is 1. The molecule has 0 fully saturated rings. The molecule has 0 saturated carbocycles.